The van der Waals surface area contributed by atoms with Gasteiger partial charge in [0.1, 0.15) is 0 Å². The zero-order valence-electron chi connectivity index (χ0n) is 6.70. The van der Waals surface area contributed by atoms with E-state index in [-0.39, 0.29) is 0 Å². The van der Waals surface area contributed by atoms with Gasteiger partial charge in [0, 0.05) is 5.75 Å². The van der Waals surface area contributed by atoms with E-state index in [1.165, 1.54) is 13.6 Å². The molecule has 0 spiro atoms. The highest BCUT2D eigenvalue weighted by molar-refractivity contribution is 9.11. The predicted molar refractivity (Wildman–Crippen MR) is 65.9 cm³/mol. The molecule has 68 valence electrons. The van der Waals surface area contributed by atoms with Crippen LogP contribution in [0.15, 0.2) is 37.0 Å². The molecule has 0 unspecified atom stereocenters. The minimum atomic E-state index is 1.07. The number of hydrogen-bond acceptors (Lipinski definition) is 3. The fourth-order valence-electron chi connectivity index (χ4n) is 0.922. The first-order valence-corrected chi connectivity index (χ1v) is 7.27. The Labute approximate surface area is 98.1 Å². The second kappa shape index (κ2) is 4.64. The van der Waals surface area contributed by atoms with Crippen LogP contribution in [0.1, 0.15) is 5.56 Å². The zero-order valence-corrected chi connectivity index (χ0v) is 10.7. The lowest BCUT2D eigenvalue weighted by molar-refractivity contribution is 1.46. The summed E-state index contributed by atoms with van der Waals surface area (Å²) in [5.74, 6) is 1.07. The maximum Gasteiger partial charge on any atom is 0.0701 e. The van der Waals surface area contributed by atoms with Crippen LogP contribution < -0.4 is 0 Å². The fraction of sp³-hybridized carbons (Fsp3) is 0.111. The topological polar surface area (TPSA) is 0 Å². The SMILES string of the molecule is Brc1cc(CSc2cccs2)cs1. The minimum Gasteiger partial charge on any atom is -0.137 e. The van der Waals surface area contributed by atoms with Crippen LogP contribution in [-0.4, -0.2) is 0 Å². The predicted octanol–water partition coefficient (Wildman–Crippen LogP) is 4.86. The van der Waals surface area contributed by atoms with Crippen molar-refractivity contribution < 1.29 is 0 Å². The Morgan fingerprint density at radius 3 is 2.92 bits per heavy atom. The largest absolute Gasteiger partial charge is 0.137 e. The van der Waals surface area contributed by atoms with Crippen molar-refractivity contribution in [3.63, 3.8) is 0 Å². The molecular formula is C9H7BrS3. The quantitative estimate of drug-likeness (QED) is 0.727. The van der Waals surface area contributed by atoms with Crippen LogP contribution in [0.3, 0.4) is 0 Å². The summed E-state index contributed by atoms with van der Waals surface area (Å²) in [5.41, 5.74) is 1.40. The van der Waals surface area contributed by atoms with E-state index >= 15 is 0 Å². The zero-order chi connectivity index (χ0) is 9.10. The normalized spacial score (nSPS) is 10.5. The molecule has 0 N–H and O–H groups in total. The highest BCUT2D eigenvalue weighted by Crippen LogP contribution is 2.29. The molecule has 2 rings (SSSR count). The van der Waals surface area contributed by atoms with Gasteiger partial charge in [0.25, 0.3) is 0 Å². The molecule has 0 fully saturated rings. The Kier molecular flexibility index (Phi) is 3.49. The molecule has 2 aromatic rings. The van der Waals surface area contributed by atoms with Gasteiger partial charge in [-0.25, -0.2) is 0 Å². The molecule has 0 nitrogen and oxygen atoms in total. The van der Waals surface area contributed by atoms with E-state index in [4.69, 9.17) is 0 Å². The summed E-state index contributed by atoms with van der Waals surface area (Å²) in [4.78, 5) is 0. The van der Waals surface area contributed by atoms with Gasteiger partial charge in [-0.05, 0) is 44.4 Å². The molecule has 0 saturated carbocycles. The van der Waals surface area contributed by atoms with E-state index in [9.17, 15) is 0 Å². The lowest BCUT2D eigenvalue weighted by Crippen LogP contribution is -1.71. The van der Waals surface area contributed by atoms with Gasteiger partial charge in [-0.2, -0.15) is 0 Å². The van der Waals surface area contributed by atoms with Gasteiger partial charge in [-0.15, -0.1) is 34.4 Å². The Morgan fingerprint density at radius 2 is 2.31 bits per heavy atom. The van der Waals surface area contributed by atoms with Gasteiger partial charge in [0.2, 0.25) is 0 Å². The van der Waals surface area contributed by atoms with Crippen LogP contribution in [0.2, 0.25) is 0 Å². The van der Waals surface area contributed by atoms with Crippen LogP contribution in [0.5, 0.6) is 0 Å². The summed E-state index contributed by atoms with van der Waals surface area (Å²) < 4.78 is 2.61. The van der Waals surface area contributed by atoms with E-state index in [1.807, 2.05) is 11.8 Å². The van der Waals surface area contributed by atoms with Crippen molar-refractivity contribution >= 4 is 50.4 Å². The molecule has 0 aliphatic rings. The second-order valence-corrected chi connectivity index (χ2v) is 6.99. The van der Waals surface area contributed by atoms with Gasteiger partial charge in [-0.3, -0.25) is 0 Å². The molecule has 0 aliphatic heterocycles. The molecule has 0 saturated heterocycles. The highest BCUT2D eigenvalue weighted by atomic mass is 79.9. The lowest BCUT2D eigenvalue weighted by Gasteiger charge is -1.93. The van der Waals surface area contributed by atoms with Crippen molar-refractivity contribution in [2.75, 3.05) is 0 Å². The molecule has 2 aromatic heterocycles. The van der Waals surface area contributed by atoms with Gasteiger partial charge in [0.15, 0.2) is 0 Å². The third kappa shape index (κ3) is 2.84. The van der Waals surface area contributed by atoms with Crippen LogP contribution in [0.25, 0.3) is 0 Å². The van der Waals surface area contributed by atoms with Gasteiger partial charge in [0.05, 0.1) is 8.00 Å². The summed E-state index contributed by atoms with van der Waals surface area (Å²) in [6.07, 6.45) is 0. The van der Waals surface area contributed by atoms with Crippen LogP contribution in [-0.2, 0) is 5.75 Å². The van der Waals surface area contributed by atoms with Crippen molar-refractivity contribution in [3.05, 3.63) is 38.3 Å². The van der Waals surface area contributed by atoms with E-state index in [1.54, 1.807) is 22.7 Å². The van der Waals surface area contributed by atoms with E-state index in [2.05, 4.69) is 44.9 Å². The average Bonchev–Trinajstić information content (AvgIpc) is 2.71. The number of halogens is 1. The highest BCUT2D eigenvalue weighted by Gasteiger charge is 1.99. The smallest absolute Gasteiger partial charge is 0.0701 e. The molecule has 13 heavy (non-hydrogen) atoms. The third-order valence-electron chi connectivity index (χ3n) is 1.50. The van der Waals surface area contributed by atoms with Crippen molar-refractivity contribution in [2.45, 2.75) is 9.96 Å². The molecule has 4 heteroatoms. The van der Waals surface area contributed by atoms with Gasteiger partial charge in [-0.1, -0.05) is 6.07 Å². The maximum atomic E-state index is 3.46. The molecule has 0 radical (unpaired) electrons. The Hall–Kier alpha value is 0.230. The van der Waals surface area contributed by atoms with Crippen LogP contribution in [0, 0.1) is 0 Å². The van der Waals surface area contributed by atoms with Crippen LogP contribution in [0.4, 0.5) is 0 Å². The molecular weight excluding hydrogens is 284 g/mol. The standard InChI is InChI=1S/C9H7BrS3/c10-8-4-7(5-12-8)6-13-9-2-1-3-11-9/h1-5H,6H2. The lowest BCUT2D eigenvalue weighted by atomic mass is 10.4. The Morgan fingerprint density at radius 1 is 1.38 bits per heavy atom. The summed E-state index contributed by atoms with van der Waals surface area (Å²) in [5, 5.41) is 4.32. The maximum absolute atomic E-state index is 3.46. The van der Waals surface area contributed by atoms with Gasteiger partial charge < -0.3 is 0 Å². The second-order valence-electron chi connectivity index (χ2n) is 2.48. The molecule has 0 atom stereocenters. The van der Waals surface area contributed by atoms with Crippen molar-refractivity contribution in [1.29, 1.82) is 0 Å². The summed E-state index contributed by atoms with van der Waals surface area (Å²) in [7, 11) is 0. The molecule has 2 heterocycles. The molecule has 0 aliphatic carbocycles. The molecule has 0 aromatic carbocycles. The first kappa shape index (κ1) is 9.77. The van der Waals surface area contributed by atoms with Gasteiger partial charge >= 0.3 is 0 Å². The first-order chi connectivity index (χ1) is 6.34. The van der Waals surface area contributed by atoms with E-state index in [0.717, 1.165) is 5.75 Å². The Bertz CT molecular complexity index is 364. The van der Waals surface area contributed by atoms with E-state index in [0.29, 0.717) is 0 Å². The molecule has 0 bridgehead atoms. The van der Waals surface area contributed by atoms with E-state index < -0.39 is 0 Å². The molecule has 0 amide bonds. The Balaban J connectivity index is 1.93. The number of thioether (sulfide) groups is 1. The van der Waals surface area contributed by atoms with Crippen molar-refractivity contribution in [3.8, 4) is 0 Å². The fourth-order valence-corrected chi connectivity index (χ4v) is 3.95. The number of rotatable bonds is 3. The summed E-state index contributed by atoms with van der Waals surface area (Å²) >= 11 is 8.91. The monoisotopic (exact) mass is 290 g/mol. The van der Waals surface area contributed by atoms with Crippen molar-refractivity contribution in [1.82, 2.24) is 0 Å². The average molecular weight is 291 g/mol. The van der Waals surface area contributed by atoms with Crippen molar-refractivity contribution in [2.24, 2.45) is 0 Å². The van der Waals surface area contributed by atoms with Crippen LogP contribution >= 0.6 is 50.4 Å². The minimum absolute atomic E-state index is 1.07. The summed E-state index contributed by atoms with van der Waals surface area (Å²) in [6.45, 7) is 0. The number of thiophene rings is 2. The first-order valence-electron chi connectivity index (χ1n) is 3.74. The number of hydrogen-bond donors (Lipinski definition) is 0. The summed E-state index contributed by atoms with van der Waals surface area (Å²) in [6, 6.07) is 6.44. The third-order valence-corrected chi connectivity index (χ3v) is 5.25.